The molecule has 1 N–H and O–H groups in total. The molecule has 1 saturated heterocycles. The van der Waals surface area contributed by atoms with Crippen molar-refractivity contribution in [1.29, 1.82) is 0 Å². The van der Waals surface area contributed by atoms with Gasteiger partial charge < -0.3 is 10.2 Å². The van der Waals surface area contributed by atoms with Gasteiger partial charge >= 0.3 is 0 Å². The monoisotopic (exact) mass is 430 g/mol. The highest BCUT2D eigenvalue weighted by Gasteiger charge is 2.26. The van der Waals surface area contributed by atoms with Crippen LogP contribution < -0.4 is 5.32 Å². The van der Waals surface area contributed by atoms with Crippen LogP contribution in [0, 0.1) is 11.7 Å². The molecule has 1 heterocycles. The molecule has 0 unspecified atom stereocenters. The average molecular weight is 431 g/mol. The number of halogens is 2. The Bertz CT molecular complexity index is 847. The Hall–Kier alpha value is -2.47. The van der Waals surface area contributed by atoms with E-state index in [-0.39, 0.29) is 23.5 Å². The first kappa shape index (κ1) is 19.3. The van der Waals surface area contributed by atoms with Crippen LogP contribution in [0.2, 0.25) is 0 Å². The number of benzene rings is 2. The van der Waals surface area contributed by atoms with Gasteiger partial charge in [-0.3, -0.25) is 9.59 Å². The Morgan fingerprint density at radius 3 is 2.52 bits per heavy atom. The highest BCUT2D eigenvalue weighted by atomic mass is 79.9. The van der Waals surface area contributed by atoms with Gasteiger partial charge in [-0.05, 0) is 49.2 Å². The second kappa shape index (κ2) is 8.95. The van der Waals surface area contributed by atoms with Gasteiger partial charge in [0.1, 0.15) is 5.82 Å². The van der Waals surface area contributed by atoms with Crippen molar-refractivity contribution in [3.05, 3.63) is 70.5 Å². The number of nitrogens with one attached hydrogen (secondary N) is 1. The molecule has 140 valence electrons. The lowest BCUT2D eigenvalue weighted by Crippen LogP contribution is -2.40. The van der Waals surface area contributed by atoms with Crippen LogP contribution in [0.1, 0.15) is 18.4 Å². The summed E-state index contributed by atoms with van der Waals surface area (Å²) in [6, 6.07) is 13.9. The van der Waals surface area contributed by atoms with E-state index in [2.05, 4.69) is 21.2 Å². The van der Waals surface area contributed by atoms with Gasteiger partial charge in [0.05, 0.1) is 0 Å². The summed E-state index contributed by atoms with van der Waals surface area (Å²) in [7, 11) is 0. The number of rotatable bonds is 4. The summed E-state index contributed by atoms with van der Waals surface area (Å²) < 4.78 is 14.5. The van der Waals surface area contributed by atoms with Crippen molar-refractivity contribution in [2.45, 2.75) is 12.8 Å². The summed E-state index contributed by atoms with van der Waals surface area (Å²) in [5, 5.41) is 2.91. The van der Waals surface area contributed by atoms with Crippen molar-refractivity contribution in [2.24, 2.45) is 5.92 Å². The molecule has 3 rings (SSSR count). The molecule has 0 aliphatic carbocycles. The molecule has 4 nitrogen and oxygen atoms in total. The SMILES string of the molecule is O=C(Nc1ccccc1)C1CCN(C(=O)/C=C/c2cc(Br)ccc2F)CC1. The van der Waals surface area contributed by atoms with Gasteiger partial charge in [0, 0.05) is 40.8 Å². The van der Waals surface area contributed by atoms with Crippen LogP contribution in [-0.2, 0) is 9.59 Å². The van der Waals surface area contributed by atoms with Crippen LogP contribution in [0.3, 0.4) is 0 Å². The number of carbonyl (C=O) groups excluding carboxylic acids is 2. The zero-order valence-corrected chi connectivity index (χ0v) is 16.3. The maximum atomic E-state index is 13.7. The third kappa shape index (κ3) is 5.26. The summed E-state index contributed by atoms with van der Waals surface area (Å²) in [6.07, 6.45) is 4.10. The van der Waals surface area contributed by atoms with Crippen LogP contribution in [0.25, 0.3) is 6.08 Å². The number of hydrogen-bond acceptors (Lipinski definition) is 2. The topological polar surface area (TPSA) is 49.4 Å². The quantitative estimate of drug-likeness (QED) is 0.726. The molecular formula is C21H20BrFN2O2. The fourth-order valence-electron chi connectivity index (χ4n) is 3.04. The van der Waals surface area contributed by atoms with Crippen LogP contribution in [0.5, 0.6) is 0 Å². The van der Waals surface area contributed by atoms with Crippen molar-refractivity contribution in [1.82, 2.24) is 4.90 Å². The number of carbonyl (C=O) groups is 2. The molecule has 0 radical (unpaired) electrons. The molecule has 0 bridgehead atoms. The molecule has 0 atom stereocenters. The Balaban J connectivity index is 1.52. The normalized spacial score (nSPS) is 15.1. The van der Waals surface area contributed by atoms with Gasteiger partial charge in [0.2, 0.25) is 11.8 Å². The number of hydrogen-bond donors (Lipinski definition) is 1. The van der Waals surface area contributed by atoms with Gasteiger partial charge in [0.15, 0.2) is 0 Å². The van der Waals surface area contributed by atoms with E-state index >= 15 is 0 Å². The summed E-state index contributed by atoms with van der Waals surface area (Å²) in [5.74, 6) is -0.671. The number of amides is 2. The first-order chi connectivity index (χ1) is 13.0. The van der Waals surface area contributed by atoms with Crippen molar-refractivity contribution in [3.63, 3.8) is 0 Å². The predicted octanol–water partition coefficient (Wildman–Crippen LogP) is 4.48. The molecule has 0 aromatic heterocycles. The third-order valence-electron chi connectivity index (χ3n) is 4.58. The van der Waals surface area contributed by atoms with Gasteiger partial charge in [-0.1, -0.05) is 34.1 Å². The van der Waals surface area contributed by atoms with Crippen LogP contribution in [0.15, 0.2) is 59.1 Å². The molecule has 1 aliphatic heterocycles. The Morgan fingerprint density at radius 2 is 1.81 bits per heavy atom. The minimum atomic E-state index is -0.376. The fraction of sp³-hybridized carbons (Fsp3) is 0.238. The minimum absolute atomic E-state index is 0.0138. The van der Waals surface area contributed by atoms with E-state index < -0.39 is 0 Å². The highest BCUT2D eigenvalue weighted by molar-refractivity contribution is 9.10. The molecule has 27 heavy (non-hydrogen) atoms. The summed E-state index contributed by atoms with van der Waals surface area (Å²) >= 11 is 3.29. The van der Waals surface area contributed by atoms with E-state index in [0.29, 0.717) is 31.5 Å². The number of anilines is 1. The second-order valence-corrected chi connectivity index (χ2v) is 7.37. The van der Waals surface area contributed by atoms with Gasteiger partial charge in [-0.15, -0.1) is 0 Å². The molecule has 0 saturated carbocycles. The minimum Gasteiger partial charge on any atom is -0.339 e. The first-order valence-corrected chi connectivity index (χ1v) is 9.60. The molecule has 6 heteroatoms. The third-order valence-corrected chi connectivity index (χ3v) is 5.08. The standard InChI is InChI=1S/C21H20BrFN2O2/c22-17-7-8-19(23)16(14-17)6-9-20(26)25-12-10-15(11-13-25)21(27)24-18-4-2-1-3-5-18/h1-9,14-15H,10-13H2,(H,24,27)/b9-6+. The molecular weight excluding hydrogens is 411 g/mol. The van der Waals surface area contributed by atoms with Crippen LogP contribution in [0.4, 0.5) is 10.1 Å². The van der Waals surface area contributed by atoms with E-state index in [9.17, 15) is 14.0 Å². The first-order valence-electron chi connectivity index (χ1n) is 8.81. The van der Waals surface area contributed by atoms with Crippen LogP contribution in [-0.4, -0.2) is 29.8 Å². The van der Waals surface area contributed by atoms with Crippen molar-refractivity contribution < 1.29 is 14.0 Å². The van der Waals surface area contributed by atoms with E-state index in [1.54, 1.807) is 17.0 Å². The summed E-state index contributed by atoms with van der Waals surface area (Å²) in [5.41, 5.74) is 1.13. The van der Waals surface area contributed by atoms with Crippen LogP contribution >= 0.6 is 15.9 Å². The lowest BCUT2D eigenvalue weighted by Gasteiger charge is -2.30. The molecule has 1 aliphatic rings. The maximum absolute atomic E-state index is 13.7. The van der Waals surface area contributed by atoms with E-state index in [4.69, 9.17) is 0 Å². The smallest absolute Gasteiger partial charge is 0.246 e. The average Bonchev–Trinajstić information content (AvgIpc) is 2.69. The van der Waals surface area contributed by atoms with Crippen molar-refractivity contribution in [3.8, 4) is 0 Å². The van der Waals surface area contributed by atoms with Crippen molar-refractivity contribution >= 4 is 39.5 Å². The van der Waals surface area contributed by atoms with E-state index in [0.717, 1.165) is 10.2 Å². The largest absolute Gasteiger partial charge is 0.339 e. The Labute approximate surface area is 166 Å². The zero-order valence-electron chi connectivity index (χ0n) is 14.7. The lowest BCUT2D eigenvalue weighted by molar-refractivity contribution is -0.130. The second-order valence-electron chi connectivity index (χ2n) is 6.45. The number of piperidine rings is 1. The maximum Gasteiger partial charge on any atom is 0.246 e. The molecule has 2 amide bonds. The van der Waals surface area contributed by atoms with E-state index in [1.165, 1.54) is 18.2 Å². The Kier molecular flexibility index (Phi) is 6.40. The molecule has 2 aromatic carbocycles. The predicted molar refractivity (Wildman–Crippen MR) is 108 cm³/mol. The van der Waals surface area contributed by atoms with Gasteiger partial charge in [-0.25, -0.2) is 4.39 Å². The number of para-hydroxylation sites is 1. The summed E-state index contributed by atoms with van der Waals surface area (Å²) in [4.78, 5) is 26.4. The van der Waals surface area contributed by atoms with E-state index in [1.807, 2.05) is 30.3 Å². The van der Waals surface area contributed by atoms with Crippen molar-refractivity contribution in [2.75, 3.05) is 18.4 Å². The lowest BCUT2D eigenvalue weighted by atomic mass is 9.95. The van der Waals surface area contributed by atoms with Gasteiger partial charge in [-0.2, -0.15) is 0 Å². The fourth-order valence-corrected chi connectivity index (χ4v) is 3.42. The molecule has 2 aromatic rings. The number of likely N-dealkylation sites (tertiary alicyclic amines) is 1. The molecule has 0 spiro atoms. The number of nitrogens with zero attached hydrogens (tertiary/aromatic N) is 1. The van der Waals surface area contributed by atoms with Gasteiger partial charge in [0.25, 0.3) is 0 Å². The summed E-state index contributed by atoms with van der Waals surface area (Å²) in [6.45, 7) is 1.02. The zero-order chi connectivity index (χ0) is 19.2. The Morgan fingerprint density at radius 1 is 1.11 bits per heavy atom. The molecule has 1 fully saturated rings. The highest BCUT2D eigenvalue weighted by Crippen LogP contribution is 2.21.